The Bertz CT molecular complexity index is 3800. The second-order valence-electron chi connectivity index (χ2n) is 20.7. The number of carbonyl (C=O) groups excluding carboxylic acids is 4. The minimum absolute atomic E-state index is 0. The standard InChI is InChI=1S/C64H72N12O8.Fe/c1-41-49(5-7-59(77)81-37-45-9-21-73(22-10-45)29-17-65)55-36-56-50(6-8-60(78)82-38-46-11-23-74(24-12-46)30-18-66)42(2)52(70-56)34-57-62(64(80)84-40-48-15-27-76(28-16-48)32-20-68)44(4)54(72-57)35-58-61(43(3)53(71-58)33-51(41)69-55)63(79)83-39-47-13-25-75(26-14-47)31-19-67;/h9-16,21-28,33-36H,5-8,17-20,29-32,37-40,65-68H2,1-4H3;/q+2;+4. The Morgan fingerprint density at radius 3 is 1.31 bits per heavy atom. The van der Waals surface area contributed by atoms with Crippen molar-refractivity contribution in [3.63, 3.8) is 0 Å². The third-order valence-electron chi connectivity index (χ3n) is 14.9. The topological polar surface area (TPSA) is 279 Å². The van der Waals surface area contributed by atoms with Gasteiger partial charge in [-0.3, -0.25) is 9.59 Å². The van der Waals surface area contributed by atoms with Crippen molar-refractivity contribution in [1.29, 1.82) is 0 Å². The first-order valence-corrected chi connectivity index (χ1v) is 28.2. The van der Waals surface area contributed by atoms with E-state index < -0.39 is 23.9 Å². The molecule has 2 aliphatic rings. The summed E-state index contributed by atoms with van der Waals surface area (Å²) in [6.07, 6.45) is 15.7. The van der Waals surface area contributed by atoms with Gasteiger partial charge in [0.25, 0.3) is 0 Å². The van der Waals surface area contributed by atoms with Gasteiger partial charge in [0.1, 0.15) is 26.4 Å². The molecule has 0 spiro atoms. The number of nitrogens with two attached hydrogens (primary N) is 4. The monoisotopic (exact) mass is 1190 g/mol. The number of aryl methyl sites for hydroxylation is 3. The van der Waals surface area contributed by atoms with Gasteiger partial charge < -0.3 is 51.9 Å². The third kappa shape index (κ3) is 15.6. The first-order chi connectivity index (χ1) is 40.7. The summed E-state index contributed by atoms with van der Waals surface area (Å²) in [5, 5.41) is 0. The number of carbonyl (C=O) groups is 4. The van der Waals surface area contributed by atoms with Crippen LogP contribution in [-0.4, -0.2) is 60.0 Å². The van der Waals surface area contributed by atoms with Crippen LogP contribution in [0.15, 0.2) is 122 Å². The molecule has 0 saturated heterocycles. The summed E-state index contributed by atoms with van der Waals surface area (Å²) in [6.45, 7) is 12.1. The number of nitrogens with zero attached hydrogens (tertiary/aromatic N) is 8. The average Bonchev–Trinajstić information content (AvgIpc) is 4.25. The van der Waals surface area contributed by atoms with Crippen molar-refractivity contribution in [2.45, 2.75) is 106 Å². The van der Waals surface area contributed by atoms with Crippen molar-refractivity contribution in [3.8, 4) is 0 Å². The Morgan fingerprint density at radius 2 is 0.824 bits per heavy atom. The molecule has 0 amide bonds. The number of ether oxygens (including phenoxy) is 4. The number of aromatic nitrogens is 8. The number of fused-ring (bicyclic) bond motifs is 8. The molecule has 9 rings (SSSR count). The molecule has 0 saturated carbocycles. The maximum Gasteiger partial charge on any atom is 4.00 e. The predicted molar refractivity (Wildman–Crippen MR) is 312 cm³/mol. The molecule has 9 heterocycles. The molecule has 0 fully saturated rings. The fraction of sp³-hybridized carbons (Fsp3) is 0.312. The van der Waals surface area contributed by atoms with Gasteiger partial charge in [-0.05, 0) is 63.3 Å². The Hall–Kier alpha value is -8.56. The van der Waals surface area contributed by atoms with E-state index in [9.17, 15) is 19.2 Å². The van der Waals surface area contributed by atoms with E-state index in [0.717, 1.165) is 44.5 Å². The molecule has 7 aromatic heterocycles. The third-order valence-corrected chi connectivity index (χ3v) is 14.9. The van der Waals surface area contributed by atoms with Gasteiger partial charge in [-0.15, -0.1) is 22.1 Å². The predicted octanol–water partition coefficient (Wildman–Crippen LogP) is 4.33. The largest absolute Gasteiger partial charge is 4.00 e. The van der Waals surface area contributed by atoms with Gasteiger partial charge in [0.2, 0.25) is 0 Å². The zero-order valence-electron chi connectivity index (χ0n) is 48.4. The molecule has 0 aromatic carbocycles. The first kappa shape index (κ1) is 62.5. The van der Waals surface area contributed by atoms with E-state index in [-0.39, 0.29) is 91.5 Å². The second kappa shape index (κ2) is 29.3. The summed E-state index contributed by atoms with van der Waals surface area (Å²) >= 11 is 0. The fourth-order valence-corrected chi connectivity index (χ4v) is 10.0. The van der Waals surface area contributed by atoms with E-state index in [4.69, 9.17) is 61.8 Å². The molecule has 8 N–H and O–H groups in total. The van der Waals surface area contributed by atoms with E-state index in [2.05, 4.69) is 0 Å². The van der Waals surface area contributed by atoms with E-state index in [0.29, 0.717) is 97.1 Å². The van der Waals surface area contributed by atoms with Crippen molar-refractivity contribution in [3.05, 3.63) is 190 Å². The van der Waals surface area contributed by atoms with Crippen LogP contribution >= 0.6 is 0 Å². The van der Waals surface area contributed by atoms with E-state index in [1.54, 1.807) is 26.0 Å². The van der Waals surface area contributed by atoms with Crippen LogP contribution in [0.1, 0.15) is 105 Å². The Morgan fingerprint density at radius 1 is 0.447 bits per heavy atom. The summed E-state index contributed by atoms with van der Waals surface area (Å²) in [4.78, 5) is 76.7. The van der Waals surface area contributed by atoms with E-state index in [1.807, 2.05) is 142 Å². The molecule has 7 aromatic rings. The van der Waals surface area contributed by atoms with Crippen LogP contribution in [0.3, 0.4) is 0 Å². The minimum Gasteiger partial charge on any atom is -0.657 e. The van der Waals surface area contributed by atoms with Gasteiger partial charge >= 0.3 is 40.9 Å². The van der Waals surface area contributed by atoms with Crippen molar-refractivity contribution >= 4 is 68.2 Å². The first-order valence-electron chi connectivity index (χ1n) is 28.2. The quantitative estimate of drug-likeness (QED) is 0.0284. The van der Waals surface area contributed by atoms with Crippen LogP contribution in [0.25, 0.3) is 44.4 Å². The molecule has 0 unspecified atom stereocenters. The van der Waals surface area contributed by atoms with Gasteiger partial charge in [-0.25, -0.2) is 37.8 Å². The summed E-state index contributed by atoms with van der Waals surface area (Å²) < 4.78 is 31.4. The van der Waals surface area contributed by atoms with Gasteiger partial charge in [0.15, 0.2) is 75.8 Å². The molecule has 0 aliphatic carbocycles. The zero-order chi connectivity index (χ0) is 59.3. The molecule has 21 heteroatoms. The molecular formula is C64H72FeN12O8+6. The fourth-order valence-electron chi connectivity index (χ4n) is 10.0. The molecule has 0 atom stereocenters. The minimum atomic E-state index is -0.628. The second-order valence-corrected chi connectivity index (χ2v) is 20.7. The summed E-state index contributed by atoms with van der Waals surface area (Å²) in [5.41, 5.74) is 34.0. The van der Waals surface area contributed by atoms with E-state index in [1.165, 1.54) is 0 Å². The number of esters is 4. The van der Waals surface area contributed by atoms with Gasteiger partial charge in [0, 0.05) is 89.2 Å². The normalized spacial score (nSPS) is 12.0. The van der Waals surface area contributed by atoms with Crippen LogP contribution < -0.4 is 51.2 Å². The number of pyridine rings is 4. The Kier molecular flexibility index (Phi) is 21.5. The Balaban J connectivity index is 0.00000940. The van der Waals surface area contributed by atoms with Gasteiger partial charge in [0.05, 0.1) is 54.5 Å². The number of rotatable bonds is 24. The zero-order valence-corrected chi connectivity index (χ0v) is 49.5. The summed E-state index contributed by atoms with van der Waals surface area (Å²) in [5.74, 6) is -2.05. The van der Waals surface area contributed by atoms with Gasteiger partial charge in [-0.1, -0.05) is 34.9 Å². The van der Waals surface area contributed by atoms with Gasteiger partial charge in [-0.2, -0.15) is 0 Å². The van der Waals surface area contributed by atoms with E-state index >= 15 is 0 Å². The van der Waals surface area contributed by atoms with Crippen molar-refractivity contribution in [2.24, 2.45) is 22.9 Å². The number of allylic oxidation sites excluding steroid dienone is 3. The average molecular weight is 1190 g/mol. The SMILES string of the molecule is CC1=C(CCC(=O)OCc2cc[n+](CCN)cc2)c2cc3[n-]c(cc4nc(cc5[n-]c(cc1n2)c(C)c5C(=O)OCc1cc[n+](CCN)cc1)C(C)=C4C(=O)OCc1cc[n+](CCN)cc1)c(C)c3CCC(=O)OCc1cc[n+](CCN)cc1.[Fe+4]. The smallest absolute Gasteiger partial charge is 0.657 e. The summed E-state index contributed by atoms with van der Waals surface area (Å²) in [6, 6.07) is 22.1. The van der Waals surface area contributed by atoms with Crippen molar-refractivity contribution in [1.82, 2.24) is 19.9 Å². The van der Waals surface area contributed by atoms with Crippen LogP contribution in [-0.2, 0) is 109 Å². The molecule has 85 heavy (non-hydrogen) atoms. The van der Waals surface area contributed by atoms with Crippen LogP contribution in [0.4, 0.5) is 0 Å². The molecule has 2 aliphatic heterocycles. The van der Waals surface area contributed by atoms with Crippen LogP contribution in [0.2, 0.25) is 0 Å². The maximum atomic E-state index is 14.5. The molecule has 20 nitrogen and oxygen atoms in total. The number of hydrogen-bond donors (Lipinski definition) is 4. The van der Waals surface area contributed by atoms with Crippen molar-refractivity contribution < 1.29 is 73.5 Å². The molecule has 0 radical (unpaired) electrons. The molecular weight excluding hydrogens is 1120 g/mol. The van der Waals surface area contributed by atoms with Crippen molar-refractivity contribution in [2.75, 3.05) is 26.2 Å². The Labute approximate surface area is 504 Å². The van der Waals surface area contributed by atoms with Crippen LogP contribution in [0, 0.1) is 13.8 Å². The molecule has 8 bridgehead atoms. The summed E-state index contributed by atoms with van der Waals surface area (Å²) in [7, 11) is 0. The van der Waals surface area contributed by atoms with Crippen LogP contribution in [0.5, 0.6) is 0 Å². The molecule has 438 valence electrons. The number of hydrogen-bond acceptors (Lipinski definition) is 14. The maximum absolute atomic E-state index is 14.5.